The van der Waals surface area contributed by atoms with E-state index in [0.29, 0.717) is 23.1 Å². The lowest BCUT2D eigenvalue weighted by Crippen LogP contribution is -2.06. The van der Waals surface area contributed by atoms with Crippen molar-refractivity contribution in [2.75, 3.05) is 11.9 Å². The van der Waals surface area contributed by atoms with E-state index < -0.39 is 0 Å². The highest BCUT2D eigenvalue weighted by Gasteiger charge is 2.12. The lowest BCUT2D eigenvalue weighted by Gasteiger charge is -2.12. The quantitative estimate of drug-likeness (QED) is 0.892. The molecule has 0 aliphatic rings. The van der Waals surface area contributed by atoms with Gasteiger partial charge in [-0.3, -0.25) is 0 Å². The minimum absolute atomic E-state index is 0.160. The third-order valence-electron chi connectivity index (χ3n) is 2.97. The molecule has 21 heavy (non-hydrogen) atoms. The minimum atomic E-state index is -0.368. The Hall–Kier alpha value is -2.17. The first-order chi connectivity index (χ1) is 10.0. The summed E-state index contributed by atoms with van der Waals surface area (Å²) in [7, 11) is 0. The molecule has 1 heterocycles. The Kier molecular flexibility index (Phi) is 4.73. The van der Waals surface area contributed by atoms with Crippen LogP contribution in [0.5, 0.6) is 11.6 Å². The van der Waals surface area contributed by atoms with Gasteiger partial charge in [0.25, 0.3) is 0 Å². The number of anilines is 1. The largest absolute Gasteiger partial charge is 0.436 e. The Morgan fingerprint density at radius 3 is 2.71 bits per heavy atom. The molecule has 0 aliphatic carbocycles. The summed E-state index contributed by atoms with van der Waals surface area (Å²) in [6, 6.07) is 6.72. The first-order valence-corrected chi connectivity index (χ1v) is 7.07. The minimum Gasteiger partial charge on any atom is -0.436 e. The molecule has 1 aromatic heterocycles. The van der Waals surface area contributed by atoms with E-state index >= 15 is 0 Å². The van der Waals surface area contributed by atoms with E-state index in [0.717, 1.165) is 6.54 Å². The molecule has 0 saturated carbocycles. The van der Waals surface area contributed by atoms with Gasteiger partial charge in [-0.05, 0) is 25.5 Å². The molecule has 0 unspecified atom stereocenters. The Balaban J connectivity index is 2.36. The van der Waals surface area contributed by atoms with E-state index in [1.54, 1.807) is 31.2 Å². The third-order valence-corrected chi connectivity index (χ3v) is 2.97. The summed E-state index contributed by atoms with van der Waals surface area (Å²) >= 11 is 0. The van der Waals surface area contributed by atoms with Crippen LogP contribution in [-0.2, 0) is 0 Å². The van der Waals surface area contributed by atoms with Gasteiger partial charge in [-0.1, -0.05) is 26.0 Å². The second-order valence-electron chi connectivity index (χ2n) is 5.12. The molecular weight excluding hydrogens is 269 g/mol. The normalized spacial score (nSPS) is 10.8. The summed E-state index contributed by atoms with van der Waals surface area (Å²) in [6.45, 7) is 8.43. The van der Waals surface area contributed by atoms with Crippen molar-refractivity contribution in [3.63, 3.8) is 0 Å². The molecule has 0 atom stereocenters. The van der Waals surface area contributed by atoms with Crippen molar-refractivity contribution >= 4 is 5.82 Å². The number of nitrogens with one attached hydrogen (secondary N) is 1. The van der Waals surface area contributed by atoms with Crippen LogP contribution in [0.15, 0.2) is 24.3 Å². The van der Waals surface area contributed by atoms with Crippen molar-refractivity contribution in [1.82, 2.24) is 9.97 Å². The molecule has 2 rings (SSSR count). The van der Waals surface area contributed by atoms with Gasteiger partial charge in [0.2, 0.25) is 5.88 Å². The average Bonchev–Trinajstić information content (AvgIpc) is 2.44. The van der Waals surface area contributed by atoms with Crippen LogP contribution in [0.25, 0.3) is 0 Å². The highest BCUT2D eigenvalue weighted by atomic mass is 19.1. The monoisotopic (exact) mass is 289 g/mol. The van der Waals surface area contributed by atoms with Crippen LogP contribution in [0.4, 0.5) is 10.2 Å². The van der Waals surface area contributed by atoms with E-state index in [1.165, 1.54) is 0 Å². The van der Waals surface area contributed by atoms with Crippen LogP contribution in [0.3, 0.4) is 0 Å². The lowest BCUT2D eigenvalue weighted by atomic mass is 10.2. The van der Waals surface area contributed by atoms with Crippen LogP contribution in [-0.4, -0.2) is 16.5 Å². The number of nitrogens with zero attached hydrogens (tertiary/aromatic N) is 2. The fourth-order valence-corrected chi connectivity index (χ4v) is 1.84. The van der Waals surface area contributed by atoms with Crippen molar-refractivity contribution in [2.45, 2.75) is 33.6 Å². The van der Waals surface area contributed by atoms with E-state index in [1.807, 2.05) is 20.8 Å². The molecule has 0 radical (unpaired) electrons. The number of benzene rings is 1. The van der Waals surface area contributed by atoms with Gasteiger partial charge >= 0.3 is 0 Å². The maximum absolute atomic E-state index is 14.0. The molecule has 2 aromatic rings. The number of rotatable bonds is 5. The van der Waals surface area contributed by atoms with Crippen molar-refractivity contribution in [1.29, 1.82) is 0 Å². The van der Waals surface area contributed by atoms with E-state index in [2.05, 4.69) is 15.3 Å². The second-order valence-corrected chi connectivity index (χ2v) is 5.12. The first-order valence-electron chi connectivity index (χ1n) is 7.07. The third kappa shape index (κ3) is 3.68. The summed E-state index contributed by atoms with van der Waals surface area (Å²) in [4.78, 5) is 8.75. The highest BCUT2D eigenvalue weighted by molar-refractivity contribution is 5.41. The molecule has 1 aromatic carbocycles. The van der Waals surface area contributed by atoms with Crippen molar-refractivity contribution in [3.8, 4) is 11.6 Å². The zero-order valence-corrected chi connectivity index (χ0v) is 12.8. The van der Waals surface area contributed by atoms with Crippen molar-refractivity contribution in [2.24, 2.45) is 0 Å². The zero-order valence-electron chi connectivity index (χ0n) is 12.8. The fourth-order valence-electron chi connectivity index (χ4n) is 1.84. The molecule has 0 bridgehead atoms. The number of hydrogen-bond donors (Lipinski definition) is 1. The summed E-state index contributed by atoms with van der Waals surface area (Å²) in [5, 5.41) is 3.13. The van der Waals surface area contributed by atoms with Gasteiger partial charge in [0.15, 0.2) is 11.6 Å². The van der Waals surface area contributed by atoms with Gasteiger partial charge in [0, 0.05) is 18.5 Å². The molecule has 0 saturated heterocycles. The standard InChI is InChI=1S/C16H20FN3O/c1-5-18-13-9-14(20-16(19-13)10(2)3)21-12-8-6-7-11(4)15(12)17/h6-10H,5H2,1-4H3,(H,18,19,20). The Morgan fingerprint density at radius 1 is 1.29 bits per heavy atom. The van der Waals surface area contributed by atoms with Gasteiger partial charge in [0.1, 0.15) is 11.6 Å². The van der Waals surface area contributed by atoms with Gasteiger partial charge in [0.05, 0.1) is 0 Å². The maximum Gasteiger partial charge on any atom is 0.224 e. The van der Waals surface area contributed by atoms with Crippen LogP contribution in [0.2, 0.25) is 0 Å². The molecule has 0 aliphatic heterocycles. The average molecular weight is 289 g/mol. The smallest absolute Gasteiger partial charge is 0.224 e. The van der Waals surface area contributed by atoms with Gasteiger partial charge < -0.3 is 10.1 Å². The molecule has 5 heteroatoms. The molecule has 112 valence electrons. The van der Waals surface area contributed by atoms with Gasteiger partial charge in [-0.15, -0.1) is 0 Å². The molecule has 0 fully saturated rings. The molecular formula is C16H20FN3O. The number of ether oxygens (including phenoxy) is 1. The topological polar surface area (TPSA) is 47.0 Å². The first kappa shape index (κ1) is 15.2. The summed E-state index contributed by atoms with van der Waals surface area (Å²) < 4.78 is 19.6. The zero-order chi connectivity index (χ0) is 15.4. The number of halogens is 1. The Labute approximate surface area is 124 Å². The van der Waals surface area contributed by atoms with Crippen LogP contribution >= 0.6 is 0 Å². The molecule has 4 nitrogen and oxygen atoms in total. The fraction of sp³-hybridized carbons (Fsp3) is 0.375. The Morgan fingerprint density at radius 2 is 2.05 bits per heavy atom. The van der Waals surface area contributed by atoms with Gasteiger partial charge in [-0.2, -0.15) is 4.98 Å². The molecule has 1 N–H and O–H groups in total. The lowest BCUT2D eigenvalue weighted by molar-refractivity contribution is 0.422. The van der Waals surface area contributed by atoms with E-state index in [4.69, 9.17) is 4.74 Å². The van der Waals surface area contributed by atoms with Crippen molar-refractivity contribution < 1.29 is 9.13 Å². The van der Waals surface area contributed by atoms with Gasteiger partial charge in [-0.25, -0.2) is 9.37 Å². The molecule has 0 amide bonds. The Bertz CT molecular complexity index is 629. The van der Waals surface area contributed by atoms with Crippen molar-refractivity contribution in [3.05, 3.63) is 41.5 Å². The van der Waals surface area contributed by atoms with Crippen LogP contribution < -0.4 is 10.1 Å². The predicted octanol–water partition coefficient (Wildman–Crippen LogP) is 4.27. The van der Waals surface area contributed by atoms with Crippen LogP contribution in [0.1, 0.15) is 38.1 Å². The molecule has 0 spiro atoms. The predicted molar refractivity (Wildman–Crippen MR) is 81.5 cm³/mol. The number of hydrogen-bond acceptors (Lipinski definition) is 4. The summed E-state index contributed by atoms with van der Waals surface area (Å²) in [5.74, 6) is 1.65. The maximum atomic E-state index is 14.0. The highest BCUT2D eigenvalue weighted by Crippen LogP contribution is 2.27. The van der Waals surface area contributed by atoms with Crippen LogP contribution in [0, 0.1) is 12.7 Å². The summed E-state index contributed by atoms with van der Waals surface area (Å²) in [6.07, 6.45) is 0. The van der Waals surface area contributed by atoms with E-state index in [9.17, 15) is 4.39 Å². The summed E-state index contributed by atoms with van der Waals surface area (Å²) in [5.41, 5.74) is 0.539. The number of aromatic nitrogens is 2. The second kappa shape index (κ2) is 6.52. The van der Waals surface area contributed by atoms with E-state index in [-0.39, 0.29) is 17.5 Å². The number of aryl methyl sites for hydroxylation is 1. The SMILES string of the molecule is CCNc1cc(Oc2cccc(C)c2F)nc(C(C)C)n1.